The predicted molar refractivity (Wildman–Crippen MR) is 126 cm³/mol. The van der Waals surface area contributed by atoms with Crippen LogP contribution in [0, 0.1) is 0 Å². The number of para-hydroxylation sites is 1. The van der Waals surface area contributed by atoms with Crippen LogP contribution in [-0.2, 0) is 14.8 Å². The Morgan fingerprint density at radius 3 is 2.61 bits per heavy atom. The predicted octanol–water partition coefficient (Wildman–Crippen LogP) is 4.67. The maximum absolute atomic E-state index is 13.2. The second kappa shape index (κ2) is 10.2. The lowest BCUT2D eigenvalue weighted by Crippen LogP contribution is -2.48. The van der Waals surface area contributed by atoms with E-state index in [2.05, 4.69) is 11.9 Å². The van der Waals surface area contributed by atoms with Gasteiger partial charge in [0.25, 0.3) is 5.91 Å². The molecule has 2 atom stereocenters. The van der Waals surface area contributed by atoms with Gasteiger partial charge in [-0.25, -0.2) is 8.42 Å². The van der Waals surface area contributed by atoms with Gasteiger partial charge in [-0.2, -0.15) is 4.31 Å². The van der Waals surface area contributed by atoms with Gasteiger partial charge in [0.15, 0.2) is 0 Å². The van der Waals surface area contributed by atoms with Crippen LogP contribution in [0.3, 0.4) is 0 Å². The van der Waals surface area contributed by atoms with Crippen LogP contribution in [0.25, 0.3) is 0 Å². The van der Waals surface area contributed by atoms with E-state index in [0.29, 0.717) is 11.4 Å². The van der Waals surface area contributed by atoms with Crippen molar-refractivity contribution in [3.05, 3.63) is 65.7 Å². The number of amides is 1. The van der Waals surface area contributed by atoms with E-state index in [-0.39, 0.29) is 40.8 Å². The average Bonchev–Trinajstić information content (AvgIpc) is 2.72. The molecule has 1 amide bonds. The molecule has 9 heteroatoms. The summed E-state index contributed by atoms with van der Waals surface area (Å²) in [4.78, 5) is 13.7. The summed E-state index contributed by atoms with van der Waals surface area (Å²) in [7, 11) is -3.88. The molecular weight excluding hydrogens is 456 g/mol. The molecule has 31 heavy (non-hydrogen) atoms. The van der Waals surface area contributed by atoms with E-state index in [9.17, 15) is 13.2 Å². The Labute approximate surface area is 192 Å². The van der Waals surface area contributed by atoms with Crippen LogP contribution in [0.1, 0.15) is 24.2 Å². The van der Waals surface area contributed by atoms with Crippen molar-refractivity contribution in [1.82, 2.24) is 4.31 Å². The Morgan fingerprint density at radius 2 is 1.94 bits per heavy atom. The lowest BCUT2D eigenvalue weighted by molar-refractivity contribution is -0.0440. The van der Waals surface area contributed by atoms with Gasteiger partial charge < -0.3 is 10.1 Å². The van der Waals surface area contributed by atoms with Gasteiger partial charge in [0, 0.05) is 29.3 Å². The van der Waals surface area contributed by atoms with E-state index in [0.717, 1.165) is 4.90 Å². The van der Waals surface area contributed by atoms with Crippen molar-refractivity contribution >= 4 is 45.0 Å². The highest BCUT2D eigenvalue weighted by Crippen LogP contribution is 2.30. The zero-order valence-corrected chi connectivity index (χ0v) is 19.8. The zero-order valence-electron chi connectivity index (χ0n) is 17.4. The summed E-state index contributed by atoms with van der Waals surface area (Å²) in [5.74, 6) is 0.288. The lowest BCUT2D eigenvalue weighted by Gasteiger charge is -2.34. The fourth-order valence-electron chi connectivity index (χ4n) is 3.35. The number of benzene rings is 2. The van der Waals surface area contributed by atoms with Crippen LogP contribution in [0.5, 0.6) is 0 Å². The molecule has 1 heterocycles. The van der Waals surface area contributed by atoms with Gasteiger partial charge >= 0.3 is 0 Å². The summed E-state index contributed by atoms with van der Waals surface area (Å²) in [6.45, 7) is 7.82. The smallest absolute Gasteiger partial charge is 0.255 e. The molecule has 1 N–H and O–H groups in total. The Balaban J connectivity index is 1.87. The molecule has 2 aromatic rings. The number of nitrogens with one attached hydrogen (secondary N) is 1. The molecule has 6 nitrogen and oxygen atoms in total. The fourth-order valence-corrected chi connectivity index (χ4v) is 6.19. The summed E-state index contributed by atoms with van der Waals surface area (Å²) in [5, 5.41) is 2.94. The third-order valence-corrected chi connectivity index (χ3v) is 8.07. The quantitative estimate of drug-likeness (QED) is 0.460. The van der Waals surface area contributed by atoms with Crippen molar-refractivity contribution in [2.75, 3.05) is 24.2 Å². The molecule has 2 unspecified atom stereocenters. The van der Waals surface area contributed by atoms with Crippen molar-refractivity contribution in [2.45, 2.75) is 35.8 Å². The van der Waals surface area contributed by atoms with Gasteiger partial charge in [0.1, 0.15) is 4.90 Å². The zero-order chi connectivity index (χ0) is 22.6. The first-order chi connectivity index (χ1) is 14.7. The highest BCUT2D eigenvalue weighted by atomic mass is 35.5. The number of hydrogen-bond acceptors (Lipinski definition) is 5. The molecule has 1 fully saturated rings. The van der Waals surface area contributed by atoms with E-state index < -0.39 is 15.9 Å². The first kappa shape index (κ1) is 23.8. The average molecular weight is 481 g/mol. The molecule has 166 valence electrons. The molecular formula is C22H25ClN2O4S2. The summed E-state index contributed by atoms with van der Waals surface area (Å²) in [6, 6.07) is 11.7. The first-order valence-electron chi connectivity index (χ1n) is 9.81. The monoisotopic (exact) mass is 480 g/mol. The number of ether oxygens (including phenoxy) is 1. The van der Waals surface area contributed by atoms with Crippen LogP contribution in [0.4, 0.5) is 5.69 Å². The van der Waals surface area contributed by atoms with Gasteiger partial charge in [0.2, 0.25) is 10.0 Å². The molecule has 3 rings (SSSR count). The number of hydrogen-bond donors (Lipinski definition) is 1. The fraction of sp³-hybridized carbons (Fsp3) is 0.318. The Kier molecular flexibility index (Phi) is 7.82. The lowest BCUT2D eigenvalue weighted by atomic mass is 10.2. The minimum atomic E-state index is -3.88. The number of nitrogens with zero attached hydrogens (tertiary/aromatic N) is 1. The second-order valence-corrected chi connectivity index (χ2v) is 10.6. The maximum Gasteiger partial charge on any atom is 0.255 e. The van der Waals surface area contributed by atoms with Crippen molar-refractivity contribution in [1.29, 1.82) is 0 Å². The number of halogens is 1. The van der Waals surface area contributed by atoms with Crippen LogP contribution >= 0.6 is 23.4 Å². The molecule has 0 aliphatic carbocycles. The molecule has 1 saturated heterocycles. The van der Waals surface area contributed by atoms with E-state index in [4.69, 9.17) is 16.3 Å². The minimum Gasteiger partial charge on any atom is -0.373 e. The van der Waals surface area contributed by atoms with Gasteiger partial charge in [-0.15, -0.1) is 18.3 Å². The van der Waals surface area contributed by atoms with E-state index in [1.807, 2.05) is 32.0 Å². The molecule has 1 aliphatic rings. The van der Waals surface area contributed by atoms with E-state index in [1.165, 1.54) is 22.5 Å². The van der Waals surface area contributed by atoms with E-state index >= 15 is 0 Å². The third kappa shape index (κ3) is 5.70. The number of anilines is 1. The number of sulfonamides is 1. The Bertz CT molecular complexity index is 1060. The first-order valence-corrected chi connectivity index (χ1v) is 12.6. The normalized spacial score (nSPS) is 19.7. The number of thioether (sulfide) groups is 1. The molecule has 0 bridgehead atoms. The van der Waals surface area contributed by atoms with Crippen molar-refractivity contribution in [3.63, 3.8) is 0 Å². The van der Waals surface area contributed by atoms with E-state index in [1.54, 1.807) is 23.9 Å². The largest absolute Gasteiger partial charge is 0.373 e. The van der Waals surface area contributed by atoms with Crippen molar-refractivity contribution in [3.8, 4) is 0 Å². The summed E-state index contributed by atoms with van der Waals surface area (Å²) in [5.41, 5.74) is 0.857. The minimum absolute atomic E-state index is 0.0743. The number of carbonyl (C=O) groups excluding carboxylic acids is 1. The SMILES string of the molecule is C=CCSc1ccccc1NC(=O)c1ccc(Cl)c(S(=O)(=O)N2CC(C)OC(C)C2)c1. The van der Waals surface area contributed by atoms with Gasteiger partial charge in [0.05, 0.1) is 22.9 Å². The van der Waals surface area contributed by atoms with Gasteiger partial charge in [-0.1, -0.05) is 29.8 Å². The number of rotatable bonds is 7. The number of carbonyl (C=O) groups is 1. The Morgan fingerprint density at radius 1 is 1.26 bits per heavy atom. The molecule has 0 aromatic heterocycles. The standard InChI is InChI=1S/C22H25ClN2O4S2/c1-4-11-30-20-8-6-5-7-19(20)24-22(26)17-9-10-18(23)21(12-17)31(27,28)25-13-15(2)29-16(3)14-25/h4-10,12,15-16H,1,11,13-14H2,2-3H3,(H,24,26). The van der Waals surface area contributed by atoms with Crippen molar-refractivity contribution < 1.29 is 17.9 Å². The number of morpholine rings is 1. The highest BCUT2D eigenvalue weighted by molar-refractivity contribution is 7.99. The second-order valence-electron chi connectivity index (χ2n) is 7.27. The summed E-state index contributed by atoms with van der Waals surface area (Å²) in [6.07, 6.45) is 1.33. The molecule has 0 saturated carbocycles. The van der Waals surface area contributed by atoms with Crippen LogP contribution in [0.15, 0.2) is 64.9 Å². The Hall–Kier alpha value is -1.84. The molecule has 0 spiro atoms. The maximum atomic E-state index is 13.2. The van der Waals surface area contributed by atoms with Crippen LogP contribution in [-0.4, -0.2) is 49.7 Å². The highest BCUT2D eigenvalue weighted by Gasteiger charge is 2.33. The molecule has 2 aromatic carbocycles. The van der Waals surface area contributed by atoms with Gasteiger partial charge in [-0.3, -0.25) is 4.79 Å². The molecule has 0 radical (unpaired) electrons. The van der Waals surface area contributed by atoms with Crippen LogP contribution in [0.2, 0.25) is 5.02 Å². The van der Waals surface area contributed by atoms with Crippen LogP contribution < -0.4 is 5.32 Å². The summed E-state index contributed by atoms with van der Waals surface area (Å²) >= 11 is 7.78. The van der Waals surface area contributed by atoms with Crippen molar-refractivity contribution in [2.24, 2.45) is 0 Å². The molecule has 1 aliphatic heterocycles. The third-order valence-electron chi connectivity index (χ3n) is 4.69. The summed E-state index contributed by atoms with van der Waals surface area (Å²) < 4.78 is 33.5. The topological polar surface area (TPSA) is 75.7 Å². The van der Waals surface area contributed by atoms with Gasteiger partial charge in [-0.05, 0) is 44.2 Å².